The first-order valence-electron chi connectivity index (χ1n) is 12.2. The van der Waals surface area contributed by atoms with Crippen LogP contribution in [-0.4, -0.2) is 66.9 Å². The Balaban J connectivity index is 1.26. The highest BCUT2D eigenvalue weighted by Crippen LogP contribution is 2.33. The Bertz CT molecular complexity index is 1000. The van der Waals surface area contributed by atoms with Gasteiger partial charge in [0.1, 0.15) is 5.75 Å². The van der Waals surface area contributed by atoms with Crippen molar-refractivity contribution in [3.05, 3.63) is 60.2 Å². The molecule has 2 aromatic carbocycles. The van der Waals surface area contributed by atoms with Crippen molar-refractivity contribution in [2.75, 3.05) is 44.2 Å². The molecule has 0 N–H and O–H groups in total. The summed E-state index contributed by atoms with van der Waals surface area (Å²) in [6.07, 6.45) is 2.45. The monoisotopic (exact) mass is 463 g/mol. The molecular weight excluding hydrogens is 430 g/mol. The zero-order chi connectivity index (χ0) is 23.9. The fourth-order valence-electron chi connectivity index (χ4n) is 4.74. The van der Waals surface area contributed by atoms with E-state index in [-0.39, 0.29) is 30.1 Å². The minimum Gasteiger partial charge on any atom is -0.492 e. The first kappa shape index (κ1) is 23.8. The van der Waals surface area contributed by atoms with E-state index in [9.17, 15) is 14.4 Å². The van der Waals surface area contributed by atoms with Crippen LogP contribution in [0.5, 0.6) is 5.75 Å². The maximum Gasteiger partial charge on any atom is 0.228 e. The number of amides is 3. The van der Waals surface area contributed by atoms with Crippen LogP contribution < -0.4 is 9.64 Å². The van der Waals surface area contributed by atoms with E-state index in [2.05, 4.69) is 12.1 Å². The second kappa shape index (κ2) is 11.2. The van der Waals surface area contributed by atoms with Crippen molar-refractivity contribution in [3.8, 4) is 5.75 Å². The number of benzene rings is 2. The van der Waals surface area contributed by atoms with Gasteiger partial charge in [-0.05, 0) is 37.5 Å². The molecule has 1 unspecified atom stereocenters. The van der Waals surface area contributed by atoms with Gasteiger partial charge in [-0.15, -0.1) is 0 Å². The summed E-state index contributed by atoms with van der Waals surface area (Å²) in [4.78, 5) is 43.8. The number of hydrogen-bond donors (Lipinski definition) is 0. The summed E-state index contributed by atoms with van der Waals surface area (Å²) in [6, 6.07) is 17.6. The Morgan fingerprint density at radius 1 is 0.941 bits per heavy atom. The quantitative estimate of drug-likeness (QED) is 0.603. The van der Waals surface area contributed by atoms with Crippen molar-refractivity contribution in [3.63, 3.8) is 0 Å². The molecule has 7 heteroatoms. The topological polar surface area (TPSA) is 70.2 Å². The minimum absolute atomic E-state index is 0.000850. The van der Waals surface area contributed by atoms with Gasteiger partial charge in [0.05, 0.1) is 18.2 Å². The van der Waals surface area contributed by atoms with E-state index in [0.717, 1.165) is 18.5 Å². The molecule has 3 amide bonds. The van der Waals surface area contributed by atoms with Crippen LogP contribution in [0, 0.1) is 5.92 Å². The summed E-state index contributed by atoms with van der Waals surface area (Å²) in [5.41, 5.74) is 1.96. The van der Waals surface area contributed by atoms with Crippen LogP contribution in [0.4, 0.5) is 5.69 Å². The molecule has 0 aliphatic carbocycles. The summed E-state index contributed by atoms with van der Waals surface area (Å²) >= 11 is 0. The predicted octanol–water partition coefficient (Wildman–Crippen LogP) is 3.13. The molecule has 180 valence electrons. The molecule has 34 heavy (non-hydrogen) atoms. The van der Waals surface area contributed by atoms with Crippen molar-refractivity contribution in [1.82, 2.24) is 9.80 Å². The number of hydrogen-bond acceptors (Lipinski definition) is 4. The maximum atomic E-state index is 13.2. The molecular formula is C27H33N3O4. The highest BCUT2D eigenvalue weighted by atomic mass is 16.5. The van der Waals surface area contributed by atoms with Crippen LogP contribution >= 0.6 is 0 Å². The molecule has 0 radical (unpaired) electrons. The van der Waals surface area contributed by atoms with Gasteiger partial charge in [-0.25, -0.2) is 0 Å². The lowest BCUT2D eigenvalue weighted by Crippen LogP contribution is -2.52. The number of carbonyl (C=O) groups excluding carboxylic acids is 3. The van der Waals surface area contributed by atoms with Gasteiger partial charge >= 0.3 is 0 Å². The molecule has 2 aliphatic heterocycles. The van der Waals surface area contributed by atoms with Gasteiger partial charge in [0.15, 0.2) is 0 Å². The zero-order valence-corrected chi connectivity index (χ0v) is 19.8. The fraction of sp³-hybridized carbons (Fsp3) is 0.444. The van der Waals surface area contributed by atoms with Gasteiger partial charge in [0.25, 0.3) is 0 Å². The van der Waals surface area contributed by atoms with E-state index in [1.807, 2.05) is 59.2 Å². The Labute approximate surface area is 201 Å². The second-order valence-electron chi connectivity index (χ2n) is 8.85. The Hall–Kier alpha value is -3.35. The Morgan fingerprint density at radius 3 is 2.35 bits per heavy atom. The molecule has 2 aromatic rings. The van der Waals surface area contributed by atoms with Crippen molar-refractivity contribution >= 4 is 23.4 Å². The van der Waals surface area contributed by atoms with E-state index in [4.69, 9.17) is 4.74 Å². The molecule has 2 saturated heterocycles. The average Bonchev–Trinajstić information content (AvgIpc) is 3.26. The molecule has 0 aromatic heterocycles. The fourth-order valence-corrected chi connectivity index (χ4v) is 4.74. The molecule has 0 saturated carbocycles. The lowest BCUT2D eigenvalue weighted by atomic mass is 10.1. The number of para-hydroxylation sites is 2. The van der Waals surface area contributed by atoms with Gasteiger partial charge in [-0.3, -0.25) is 14.4 Å². The van der Waals surface area contributed by atoms with Crippen LogP contribution in [0.25, 0.3) is 0 Å². The molecule has 2 aliphatic rings. The summed E-state index contributed by atoms with van der Waals surface area (Å²) in [5, 5.41) is 0. The summed E-state index contributed by atoms with van der Waals surface area (Å²) in [7, 11) is 0. The zero-order valence-electron chi connectivity index (χ0n) is 19.8. The predicted molar refractivity (Wildman–Crippen MR) is 131 cm³/mol. The molecule has 0 spiro atoms. The minimum atomic E-state index is -0.365. The van der Waals surface area contributed by atoms with Gasteiger partial charge in [0.2, 0.25) is 17.7 Å². The van der Waals surface area contributed by atoms with Crippen molar-refractivity contribution in [1.29, 1.82) is 0 Å². The number of piperazine rings is 1. The van der Waals surface area contributed by atoms with Gasteiger partial charge in [0, 0.05) is 45.6 Å². The van der Waals surface area contributed by atoms with Crippen LogP contribution in [0.15, 0.2) is 54.6 Å². The van der Waals surface area contributed by atoms with Crippen LogP contribution in [0.3, 0.4) is 0 Å². The van der Waals surface area contributed by atoms with Crippen LogP contribution in [-0.2, 0) is 20.8 Å². The number of anilines is 1. The normalized spacial score (nSPS) is 18.3. The van der Waals surface area contributed by atoms with Crippen molar-refractivity contribution in [2.24, 2.45) is 5.92 Å². The largest absolute Gasteiger partial charge is 0.492 e. The van der Waals surface area contributed by atoms with Gasteiger partial charge in [-0.2, -0.15) is 0 Å². The number of rotatable bonds is 8. The first-order valence-corrected chi connectivity index (χ1v) is 12.2. The lowest BCUT2D eigenvalue weighted by Gasteiger charge is -2.36. The van der Waals surface area contributed by atoms with Crippen LogP contribution in [0.1, 0.15) is 31.7 Å². The van der Waals surface area contributed by atoms with Crippen LogP contribution in [0.2, 0.25) is 0 Å². The third-order valence-electron chi connectivity index (χ3n) is 6.57. The smallest absolute Gasteiger partial charge is 0.228 e. The Kier molecular flexibility index (Phi) is 7.83. The van der Waals surface area contributed by atoms with E-state index >= 15 is 0 Å². The van der Waals surface area contributed by atoms with E-state index in [1.54, 1.807) is 4.90 Å². The van der Waals surface area contributed by atoms with Crippen molar-refractivity contribution in [2.45, 2.75) is 32.6 Å². The van der Waals surface area contributed by atoms with E-state index in [0.29, 0.717) is 51.5 Å². The number of nitrogens with zero attached hydrogens (tertiary/aromatic N) is 3. The maximum absolute atomic E-state index is 13.2. The van der Waals surface area contributed by atoms with Gasteiger partial charge < -0.3 is 19.4 Å². The third kappa shape index (κ3) is 5.58. The van der Waals surface area contributed by atoms with E-state index < -0.39 is 0 Å². The lowest BCUT2D eigenvalue weighted by molar-refractivity contribution is -0.142. The van der Waals surface area contributed by atoms with Gasteiger partial charge in [-0.1, -0.05) is 42.5 Å². The average molecular weight is 464 g/mol. The second-order valence-corrected chi connectivity index (χ2v) is 8.85. The molecule has 7 nitrogen and oxygen atoms in total. The number of carbonyl (C=O) groups is 3. The summed E-state index contributed by atoms with van der Waals surface area (Å²) in [6.45, 7) is 4.91. The standard InChI is InChI=1S/C27H33N3O4/c1-2-34-24-13-7-6-12-23(24)30-20-22(19-26(30)32)27(33)29-17-15-28(16-18-29)25(31)14-8-11-21-9-4-3-5-10-21/h3-7,9-10,12-13,22H,2,8,11,14-20H2,1H3. The SMILES string of the molecule is CCOc1ccccc1N1CC(C(=O)N2CCN(C(=O)CCCc3ccccc3)CC2)CC1=O. The Morgan fingerprint density at radius 2 is 1.62 bits per heavy atom. The summed E-state index contributed by atoms with van der Waals surface area (Å²) in [5.74, 6) is 0.387. The third-order valence-corrected chi connectivity index (χ3v) is 6.57. The summed E-state index contributed by atoms with van der Waals surface area (Å²) < 4.78 is 5.67. The first-order chi connectivity index (χ1) is 16.6. The molecule has 1 atom stereocenters. The number of ether oxygens (including phenoxy) is 1. The highest BCUT2D eigenvalue weighted by Gasteiger charge is 2.39. The number of aryl methyl sites for hydroxylation is 1. The molecule has 4 rings (SSSR count). The van der Waals surface area contributed by atoms with Crippen molar-refractivity contribution < 1.29 is 19.1 Å². The molecule has 2 heterocycles. The highest BCUT2D eigenvalue weighted by molar-refractivity contribution is 6.01. The molecule has 0 bridgehead atoms. The molecule has 2 fully saturated rings. The van der Waals surface area contributed by atoms with E-state index in [1.165, 1.54) is 5.56 Å².